The van der Waals surface area contributed by atoms with Crippen molar-refractivity contribution in [1.82, 2.24) is 15.5 Å². The van der Waals surface area contributed by atoms with Crippen LogP contribution in [0.5, 0.6) is 0 Å². The molecule has 3 heterocycles. The molecule has 1 aromatic rings. The van der Waals surface area contributed by atoms with E-state index in [4.69, 9.17) is 4.74 Å². The van der Waals surface area contributed by atoms with Crippen molar-refractivity contribution in [3.8, 4) is 0 Å². The Hall–Kier alpha value is -2.06. The lowest BCUT2D eigenvalue weighted by molar-refractivity contribution is -0.133. The number of nitrogens with zero attached hydrogens (tertiary/aromatic N) is 1. The maximum atomic E-state index is 13.5. The molecule has 0 aliphatic carbocycles. The molecular formula is C23H31N3O4S. The number of ether oxygens (including phenoxy) is 1. The van der Waals surface area contributed by atoms with Crippen LogP contribution in [0.15, 0.2) is 24.3 Å². The van der Waals surface area contributed by atoms with Crippen LogP contribution in [0.4, 0.5) is 0 Å². The van der Waals surface area contributed by atoms with Gasteiger partial charge in [0.15, 0.2) is 0 Å². The van der Waals surface area contributed by atoms with E-state index in [9.17, 15) is 14.4 Å². The second kappa shape index (κ2) is 8.47. The highest BCUT2D eigenvalue weighted by molar-refractivity contribution is 8.01. The maximum absolute atomic E-state index is 13.5. The highest BCUT2D eigenvalue weighted by atomic mass is 32.2. The zero-order valence-electron chi connectivity index (χ0n) is 18.5. The average Bonchev–Trinajstić information content (AvgIpc) is 3.40. The fraction of sp³-hybridized carbons (Fsp3) is 0.609. The highest BCUT2D eigenvalue weighted by Gasteiger charge is 2.57. The van der Waals surface area contributed by atoms with E-state index in [1.54, 1.807) is 16.7 Å². The molecule has 0 unspecified atom stereocenters. The summed E-state index contributed by atoms with van der Waals surface area (Å²) < 4.78 is 5.10. The zero-order chi connectivity index (χ0) is 22.3. The second-order valence-electron chi connectivity index (χ2n) is 9.39. The predicted octanol–water partition coefficient (Wildman–Crippen LogP) is 2.47. The summed E-state index contributed by atoms with van der Waals surface area (Å²) in [6.45, 7) is 8.96. The molecule has 8 heteroatoms. The lowest BCUT2D eigenvalue weighted by Gasteiger charge is -2.32. The molecule has 7 nitrogen and oxygen atoms in total. The first kappa shape index (κ1) is 22.1. The third-order valence-corrected chi connectivity index (χ3v) is 7.85. The fourth-order valence-electron chi connectivity index (χ4n) is 4.70. The number of rotatable bonds is 6. The van der Waals surface area contributed by atoms with E-state index in [2.05, 4.69) is 10.6 Å². The van der Waals surface area contributed by atoms with Gasteiger partial charge in [-0.15, -0.1) is 11.8 Å². The molecule has 2 N–H and O–H groups in total. The molecule has 2 fully saturated rings. The van der Waals surface area contributed by atoms with E-state index in [1.807, 2.05) is 52.0 Å². The van der Waals surface area contributed by atoms with Gasteiger partial charge in [-0.1, -0.05) is 32.0 Å². The topological polar surface area (TPSA) is 87.7 Å². The van der Waals surface area contributed by atoms with E-state index in [1.165, 1.54) is 0 Å². The van der Waals surface area contributed by atoms with Crippen LogP contribution in [0, 0.1) is 5.92 Å². The van der Waals surface area contributed by atoms with Crippen LogP contribution in [0.25, 0.3) is 0 Å². The molecule has 0 bridgehead atoms. The molecule has 3 amide bonds. The molecule has 2 saturated heterocycles. The van der Waals surface area contributed by atoms with Gasteiger partial charge in [-0.05, 0) is 44.2 Å². The standard InChI is InChI=1S/C23H31N3O4S/c1-13(2)17(19(27)24-12-14-8-7-11-30-14)25-20(28)18-23(3,4)31-22-16-10-6-5-9-15(16)21(29)26(18)22/h5-6,9-10,13-14,17-18,22H,7-8,11-12H2,1-4H3,(H,24,27)(H,25,28)/t14-,17-,18+,22-/m0/s1. The molecule has 168 valence electrons. The molecule has 0 spiro atoms. The summed E-state index contributed by atoms with van der Waals surface area (Å²) in [5, 5.41) is 5.70. The number of fused-ring (bicyclic) bond motifs is 3. The smallest absolute Gasteiger partial charge is 0.256 e. The van der Waals surface area contributed by atoms with E-state index in [0.29, 0.717) is 12.1 Å². The number of hydrogen-bond donors (Lipinski definition) is 2. The summed E-state index contributed by atoms with van der Waals surface area (Å²) in [6, 6.07) is 6.20. The Bertz CT molecular complexity index is 881. The van der Waals surface area contributed by atoms with Gasteiger partial charge in [0.2, 0.25) is 11.8 Å². The van der Waals surface area contributed by atoms with Crippen LogP contribution in [0.2, 0.25) is 0 Å². The van der Waals surface area contributed by atoms with E-state index in [-0.39, 0.29) is 35.1 Å². The molecule has 3 aliphatic rings. The van der Waals surface area contributed by atoms with Crippen molar-refractivity contribution in [3.63, 3.8) is 0 Å². The van der Waals surface area contributed by atoms with Crippen LogP contribution < -0.4 is 10.6 Å². The van der Waals surface area contributed by atoms with Gasteiger partial charge in [-0.25, -0.2) is 0 Å². The van der Waals surface area contributed by atoms with Gasteiger partial charge in [-0.3, -0.25) is 14.4 Å². The van der Waals surface area contributed by atoms with Gasteiger partial charge in [0.05, 0.1) is 6.10 Å². The number of carbonyl (C=O) groups excluding carboxylic acids is 3. The molecule has 31 heavy (non-hydrogen) atoms. The molecule has 1 aromatic carbocycles. The number of hydrogen-bond acceptors (Lipinski definition) is 5. The van der Waals surface area contributed by atoms with Crippen LogP contribution in [0.3, 0.4) is 0 Å². The van der Waals surface area contributed by atoms with Crippen molar-refractivity contribution < 1.29 is 19.1 Å². The lowest BCUT2D eigenvalue weighted by Crippen LogP contribution is -2.58. The fourth-order valence-corrected chi connectivity index (χ4v) is 6.29. The largest absolute Gasteiger partial charge is 0.376 e. The Kier molecular flexibility index (Phi) is 6.05. The Balaban J connectivity index is 1.49. The molecule has 4 rings (SSSR count). The quantitative estimate of drug-likeness (QED) is 0.702. The maximum Gasteiger partial charge on any atom is 0.256 e. The van der Waals surface area contributed by atoms with Crippen molar-refractivity contribution in [3.05, 3.63) is 35.4 Å². The van der Waals surface area contributed by atoms with Crippen LogP contribution in [0.1, 0.15) is 61.8 Å². The number of thioether (sulfide) groups is 1. The third-order valence-electron chi connectivity index (χ3n) is 6.32. The van der Waals surface area contributed by atoms with Crippen molar-refractivity contribution >= 4 is 29.5 Å². The number of nitrogens with one attached hydrogen (secondary N) is 2. The summed E-state index contributed by atoms with van der Waals surface area (Å²) in [7, 11) is 0. The van der Waals surface area contributed by atoms with Gasteiger partial charge in [0.1, 0.15) is 17.5 Å². The molecular weight excluding hydrogens is 414 g/mol. The second-order valence-corrected chi connectivity index (χ2v) is 11.1. The van der Waals surface area contributed by atoms with Gasteiger partial charge >= 0.3 is 0 Å². The van der Waals surface area contributed by atoms with E-state index >= 15 is 0 Å². The Morgan fingerprint density at radius 3 is 2.71 bits per heavy atom. The molecule has 3 aliphatic heterocycles. The molecule has 0 saturated carbocycles. The van der Waals surface area contributed by atoms with Crippen molar-refractivity contribution in [2.24, 2.45) is 5.92 Å². The van der Waals surface area contributed by atoms with Crippen LogP contribution in [-0.4, -0.2) is 58.7 Å². The first-order valence-corrected chi connectivity index (χ1v) is 11.9. The molecule has 0 radical (unpaired) electrons. The Morgan fingerprint density at radius 2 is 2.03 bits per heavy atom. The lowest BCUT2D eigenvalue weighted by atomic mass is 9.98. The van der Waals surface area contributed by atoms with E-state index < -0.39 is 16.8 Å². The van der Waals surface area contributed by atoms with Gasteiger partial charge in [0.25, 0.3) is 5.91 Å². The SMILES string of the molecule is CC(C)[C@H](NC(=O)[C@H]1N2C(=O)c3ccccc3[C@@H]2SC1(C)C)C(=O)NC[C@@H]1CCCO1. The summed E-state index contributed by atoms with van der Waals surface area (Å²) in [5.74, 6) is -0.711. The Morgan fingerprint density at radius 1 is 1.29 bits per heavy atom. The van der Waals surface area contributed by atoms with Gasteiger partial charge in [-0.2, -0.15) is 0 Å². The molecule has 0 aromatic heterocycles. The normalized spacial score (nSPS) is 27.2. The molecule has 4 atom stereocenters. The third kappa shape index (κ3) is 4.07. The van der Waals surface area contributed by atoms with Gasteiger partial charge in [0, 0.05) is 23.5 Å². The summed E-state index contributed by atoms with van der Waals surface area (Å²) in [4.78, 5) is 41.1. The zero-order valence-corrected chi connectivity index (χ0v) is 19.3. The number of carbonyl (C=O) groups is 3. The number of amides is 3. The van der Waals surface area contributed by atoms with Crippen molar-refractivity contribution in [2.75, 3.05) is 13.2 Å². The monoisotopic (exact) mass is 445 g/mol. The summed E-state index contributed by atoms with van der Waals surface area (Å²) in [6.07, 6.45) is 1.98. The first-order chi connectivity index (χ1) is 14.7. The number of benzene rings is 1. The minimum atomic E-state index is -0.672. The van der Waals surface area contributed by atoms with Crippen LogP contribution >= 0.6 is 11.8 Å². The summed E-state index contributed by atoms with van der Waals surface area (Å²) in [5.41, 5.74) is 1.61. The van der Waals surface area contributed by atoms with Crippen molar-refractivity contribution in [2.45, 2.75) is 68.8 Å². The average molecular weight is 446 g/mol. The first-order valence-electron chi connectivity index (χ1n) is 11.0. The minimum absolute atomic E-state index is 0.0408. The van der Waals surface area contributed by atoms with Gasteiger partial charge < -0.3 is 20.3 Å². The van der Waals surface area contributed by atoms with Crippen molar-refractivity contribution in [1.29, 1.82) is 0 Å². The van der Waals surface area contributed by atoms with Crippen LogP contribution in [-0.2, 0) is 14.3 Å². The summed E-state index contributed by atoms with van der Waals surface area (Å²) >= 11 is 1.62. The Labute approximate surface area is 187 Å². The van der Waals surface area contributed by atoms with E-state index in [0.717, 1.165) is 25.0 Å². The highest BCUT2D eigenvalue weighted by Crippen LogP contribution is 2.56. The predicted molar refractivity (Wildman–Crippen MR) is 120 cm³/mol. The minimum Gasteiger partial charge on any atom is -0.376 e.